The third-order valence-electron chi connectivity index (χ3n) is 3.67. The lowest BCUT2D eigenvalue weighted by atomic mass is 10.2. The third-order valence-corrected chi connectivity index (χ3v) is 4.16. The molecule has 0 unspecified atom stereocenters. The zero-order chi connectivity index (χ0) is 19.6. The molecule has 2 aromatic rings. The van der Waals surface area contributed by atoms with Gasteiger partial charge in [0.15, 0.2) is 0 Å². The lowest BCUT2D eigenvalue weighted by Gasteiger charge is -2.07. The van der Waals surface area contributed by atoms with Crippen LogP contribution in [0.1, 0.15) is 43.8 Å². The van der Waals surface area contributed by atoms with Gasteiger partial charge in [-0.05, 0) is 44.4 Å². The van der Waals surface area contributed by atoms with E-state index >= 15 is 0 Å². The second kappa shape index (κ2) is 10.8. The van der Waals surface area contributed by atoms with Crippen molar-refractivity contribution in [2.24, 2.45) is 10.3 Å². The summed E-state index contributed by atoms with van der Waals surface area (Å²) < 4.78 is 0. The van der Waals surface area contributed by atoms with Gasteiger partial charge in [-0.2, -0.15) is 0 Å². The van der Waals surface area contributed by atoms with Crippen molar-refractivity contribution in [1.29, 1.82) is 0 Å². The van der Waals surface area contributed by atoms with Crippen LogP contribution in [0.25, 0.3) is 0 Å². The van der Waals surface area contributed by atoms with E-state index in [1.54, 1.807) is 12.3 Å². The predicted molar refractivity (Wildman–Crippen MR) is 109 cm³/mol. The Morgan fingerprint density at radius 3 is 2.74 bits per heavy atom. The predicted octanol–water partition coefficient (Wildman–Crippen LogP) is 4.92. The van der Waals surface area contributed by atoms with Crippen LogP contribution in [-0.4, -0.2) is 35.1 Å². The molecule has 0 radical (unpaired) electrons. The summed E-state index contributed by atoms with van der Waals surface area (Å²) in [6.07, 6.45) is 3.74. The number of aromatic nitrogens is 2. The maximum atomic E-state index is 6.18. The number of rotatable bonds is 9. The molecule has 0 spiro atoms. The van der Waals surface area contributed by atoms with Gasteiger partial charge in [-0.3, -0.25) is 9.97 Å². The zero-order valence-corrected chi connectivity index (χ0v) is 17.1. The fourth-order valence-corrected chi connectivity index (χ4v) is 2.84. The highest BCUT2D eigenvalue weighted by molar-refractivity contribution is 6.36. The molecular weight excluding hydrogens is 387 g/mol. The summed E-state index contributed by atoms with van der Waals surface area (Å²) in [5.74, 6) is 0. The summed E-state index contributed by atoms with van der Waals surface area (Å²) >= 11 is 12.1. The highest BCUT2D eigenvalue weighted by atomic mass is 35.5. The number of hydrogen-bond donors (Lipinski definition) is 0. The Morgan fingerprint density at radius 1 is 1.22 bits per heavy atom. The average Bonchev–Trinajstić information content (AvgIpc) is 2.66. The molecule has 0 aliphatic heterocycles. The molecule has 2 heterocycles. The molecule has 8 heteroatoms. The van der Waals surface area contributed by atoms with E-state index in [2.05, 4.69) is 20.3 Å². The van der Waals surface area contributed by atoms with Crippen LogP contribution in [0.2, 0.25) is 10.0 Å². The SMILES string of the molecule is CCC(=NOCCCc1cccc(C(C)=NOC)n1)c1ncc(Cl)cc1Cl. The molecule has 0 bridgehead atoms. The second-order valence-corrected chi connectivity index (χ2v) is 6.53. The Bertz CT molecular complexity index is 825. The molecule has 0 amide bonds. The summed E-state index contributed by atoms with van der Waals surface area (Å²) in [4.78, 5) is 19.0. The first kappa shape index (κ1) is 21.1. The van der Waals surface area contributed by atoms with Crippen LogP contribution in [0.15, 0.2) is 40.8 Å². The lowest BCUT2D eigenvalue weighted by molar-refractivity contribution is 0.141. The van der Waals surface area contributed by atoms with Crippen molar-refractivity contribution in [3.63, 3.8) is 0 Å². The molecule has 6 nitrogen and oxygen atoms in total. The summed E-state index contributed by atoms with van der Waals surface area (Å²) in [6, 6.07) is 7.47. The van der Waals surface area contributed by atoms with Crippen molar-refractivity contribution in [2.45, 2.75) is 33.1 Å². The number of aryl methyl sites for hydroxylation is 1. The monoisotopic (exact) mass is 408 g/mol. The molecule has 2 aromatic heterocycles. The number of halogens is 2. The van der Waals surface area contributed by atoms with Gasteiger partial charge < -0.3 is 9.68 Å². The van der Waals surface area contributed by atoms with Gasteiger partial charge in [-0.15, -0.1) is 0 Å². The number of oxime groups is 2. The molecule has 0 aliphatic rings. The molecule has 144 valence electrons. The summed E-state index contributed by atoms with van der Waals surface area (Å²) in [7, 11) is 1.52. The van der Waals surface area contributed by atoms with Crippen molar-refractivity contribution in [2.75, 3.05) is 13.7 Å². The largest absolute Gasteiger partial charge is 0.399 e. The van der Waals surface area contributed by atoms with Gasteiger partial charge in [-0.25, -0.2) is 0 Å². The van der Waals surface area contributed by atoms with Gasteiger partial charge in [-0.1, -0.05) is 46.5 Å². The maximum absolute atomic E-state index is 6.18. The molecule has 0 N–H and O–H groups in total. The normalized spacial score (nSPS) is 12.2. The minimum Gasteiger partial charge on any atom is -0.399 e. The van der Waals surface area contributed by atoms with Crippen molar-refractivity contribution in [3.8, 4) is 0 Å². The van der Waals surface area contributed by atoms with Gasteiger partial charge >= 0.3 is 0 Å². The topological polar surface area (TPSA) is 69.0 Å². The van der Waals surface area contributed by atoms with E-state index in [1.165, 1.54) is 7.11 Å². The van der Waals surface area contributed by atoms with Crippen molar-refractivity contribution in [3.05, 3.63) is 57.6 Å². The van der Waals surface area contributed by atoms with Gasteiger partial charge in [0.05, 0.1) is 15.7 Å². The minimum absolute atomic E-state index is 0.459. The van der Waals surface area contributed by atoms with Gasteiger partial charge in [0.2, 0.25) is 0 Å². The Morgan fingerprint density at radius 2 is 2.04 bits per heavy atom. The van der Waals surface area contributed by atoms with E-state index in [1.807, 2.05) is 32.0 Å². The summed E-state index contributed by atoms with van der Waals surface area (Å²) in [6.45, 7) is 4.29. The van der Waals surface area contributed by atoms with Gasteiger partial charge in [0, 0.05) is 11.9 Å². The molecule has 0 aliphatic carbocycles. The van der Waals surface area contributed by atoms with E-state index in [-0.39, 0.29) is 0 Å². The van der Waals surface area contributed by atoms with Crippen LogP contribution in [-0.2, 0) is 16.1 Å². The lowest BCUT2D eigenvalue weighted by Crippen LogP contribution is -2.06. The minimum atomic E-state index is 0.459. The van der Waals surface area contributed by atoms with Gasteiger partial charge in [0.1, 0.15) is 30.8 Å². The molecule has 2 rings (SSSR count). The smallest absolute Gasteiger partial charge is 0.117 e. The number of pyridine rings is 2. The quantitative estimate of drug-likeness (QED) is 0.335. The van der Waals surface area contributed by atoms with Gasteiger partial charge in [0.25, 0.3) is 0 Å². The van der Waals surface area contributed by atoms with E-state index in [4.69, 9.17) is 32.9 Å². The molecular formula is C19H22Cl2N4O2. The van der Waals surface area contributed by atoms with E-state index in [0.29, 0.717) is 34.5 Å². The Labute approximate surface area is 169 Å². The third kappa shape index (κ3) is 6.48. The molecule has 0 saturated carbocycles. The van der Waals surface area contributed by atoms with Crippen molar-refractivity contribution in [1.82, 2.24) is 9.97 Å². The molecule has 0 atom stereocenters. The zero-order valence-electron chi connectivity index (χ0n) is 15.6. The van der Waals surface area contributed by atoms with Crippen LogP contribution in [0.5, 0.6) is 0 Å². The Hall–Kier alpha value is -2.18. The first-order chi connectivity index (χ1) is 13.0. The van der Waals surface area contributed by atoms with Crippen molar-refractivity contribution < 1.29 is 9.68 Å². The molecule has 0 aromatic carbocycles. The fourth-order valence-electron chi connectivity index (χ4n) is 2.35. The van der Waals surface area contributed by atoms with Crippen molar-refractivity contribution >= 4 is 34.6 Å². The van der Waals surface area contributed by atoms with Crippen LogP contribution in [0.4, 0.5) is 0 Å². The standard InChI is InChI=1S/C19H22Cl2N4O2/c1-4-17(19-16(21)11-14(20)12-22-19)25-27-10-6-8-15-7-5-9-18(23-15)13(2)24-26-3/h5,7,9,11-12H,4,6,8,10H2,1-3H3. The summed E-state index contributed by atoms with van der Waals surface area (Å²) in [5, 5.41) is 9.02. The van der Waals surface area contributed by atoms with E-state index < -0.39 is 0 Å². The molecule has 0 fully saturated rings. The Balaban J connectivity index is 1.90. The average molecular weight is 409 g/mol. The summed E-state index contributed by atoms with van der Waals surface area (Å²) in [5.41, 5.74) is 3.77. The second-order valence-electron chi connectivity index (χ2n) is 5.69. The van der Waals surface area contributed by atoms with Crippen LogP contribution in [0.3, 0.4) is 0 Å². The first-order valence-electron chi connectivity index (χ1n) is 8.59. The van der Waals surface area contributed by atoms with Crippen LogP contribution < -0.4 is 0 Å². The maximum Gasteiger partial charge on any atom is 0.117 e. The first-order valence-corrected chi connectivity index (χ1v) is 9.35. The molecule has 0 saturated heterocycles. The van der Waals surface area contributed by atoms with E-state index in [9.17, 15) is 0 Å². The Kier molecular flexibility index (Phi) is 8.48. The van der Waals surface area contributed by atoms with E-state index in [0.717, 1.165) is 29.9 Å². The molecule has 27 heavy (non-hydrogen) atoms. The number of nitrogens with zero attached hydrogens (tertiary/aromatic N) is 4. The fraction of sp³-hybridized carbons (Fsp3) is 0.368. The van der Waals surface area contributed by atoms with Crippen LogP contribution >= 0.6 is 23.2 Å². The highest BCUT2D eigenvalue weighted by Gasteiger charge is 2.10. The number of hydrogen-bond acceptors (Lipinski definition) is 6. The highest BCUT2D eigenvalue weighted by Crippen LogP contribution is 2.20. The van der Waals surface area contributed by atoms with Crippen LogP contribution in [0, 0.1) is 0 Å².